The smallest absolute Gasteiger partial charge is 0.303 e. The quantitative estimate of drug-likeness (QED) is 0.686. The van der Waals surface area contributed by atoms with Crippen LogP contribution in [0.4, 0.5) is 0 Å². The van der Waals surface area contributed by atoms with Crippen LogP contribution in [-0.2, 0) is 33.3 Å². The van der Waals surface area contributed by atoms with Gasteiger partial charge in [-0.3, -0.25) is 9.59 Å². The first-order chi connectivity index (χ1) is 13.3. The molecule has 0 aliphatic carbocycles. The first-order valence-electron chi connectivity index (χ1n) is 9.32. The molecule has 0 spiro atoms. The average molecular weight is 410 g/mol. The minimum absolute atomic E-state index is 0.222. The minimum atomic E-state index is -0.786. The molecule has 28 heavy (non-hydrogen) atoms. The Bertz CT molecular complexity index is 680. The lowest BCUT2D eigenvalue weighted by Gasteiger charge is -2.48. The monoisotopic (exact) mass is 410 g/mol. The molecule has 2 aliphatic heterocycles. The lowest BCUT2D eigenvalue weighted by Crippen LogP contribution is -2.63. The van der Waals surface area contributed by atoms with Crippen LogP contribution in [0.15, 0.2) is 30.3 Å². The molecule has 1 aromatic carbocycles. The van der Waals surface area contributed by atoms with E-state index >= 15 is 0 Å². The van der Waals surface area contributed by atoms with Gasteiger partial charge in [0.1, 0.15) is 17.6 Å². The largest absolute Gasteiger partial charge is 0.456 e. The van der Waals surface area contributed by atoms with Crippen LogP contribution < -0.4 is 0 Å². The summed E-state index contributed by atoms with van der Waals surface area (Å²) in [7, 11) is 0. The number of benzene rings is 1. The van der Waals surface area contributed by atoms with E-state index in [-0.39, 0.29) is 11.9 Å². The van der Waals surface area contributed by atoms with Crippen LogP contribution >= 0.6 is 11.8 Å². The van der Waals surface area contributed by atoms with Crippen LogP contribution in [0.2, 0.25) is 0 Å². The van der Waals surface area contributed by atoms with Crippen molar-refractivity contribution in [1.82, 2.24) is 0 Å². The van der Waals surface area contributed by atoms with Gasteiger partial charge in [0.25, 0.3) is 0 Å². The van der Waals surface area contributed by atoms with Gasteiger partial charge in [0.2, 0.25) is 0 Å². The Hall–Kier alpha value is -1.61. The SMILES string of the molecule is CC(=O)O[C@H]1[C@H]2OC(c3ccccc3)OC[C@H]2O[C@@H](SC(C)C)[C@@H]1OC(C)=O. The molecule has 1 aromatic rings. The molecule has 0 amide bonds. The Kier molecular flexibility index (Phi) is 6.98. The lowest BCUT2D eigenvalue weighted by atomic mass is 9.98. The summed E-state index contributed by atoms with van der Waals surface area (Å²) >= 11 is 1.51. The van der Waals surface area contributed by atoms with Crippen molar-refractivity contribution in [1.29, 1.82) is 0 Å². The van der Waals surface area contributed by atoms with Gasteiger partial charge in [-0.2, -0.15) is 0 Å². The van der Waals surface area contributed by atoms with Crippen molar-refractivity contribution >= 4 is 23.7 Å². The minimum Gasteiger partial charge on any atom is -0.456 e. The summed E-state index contributed by atoms with van der Waals surface area (Å²) in [4.78, 5) is 23.5. The van der Waals surface area contributed by atoms with E-state index in [1.54, 1.807) is 0 Å². The molecule has 7 nitrogen and oxygen atoms in total. The normalized spacial score (nSPS) is 32.5. The van der Waals surface area contributed by atoms with Gasteiger partial charge < -0.3 is 23.7 Å². The maximum atomic E-state index is 11.8. The number of ether oxygens (including phenoxy) is 5. The number of carbonyl (C=O) groups is 2. The zero-order chi connectivity index (χ0) is 20.3. The van der Waals surface area contributed by atoms with Gasteiger partial charge in [-0.1, -0.05) is 44.2 Å². The molecule has 3 rings (SSSR count). The number of rotatable bonds is 5. The summed E-state index contributed by atoms with van der Waals surface area (Å²) in [6.07, 6.45) is -3.23. The molecule has 8 heteroatoms. The summed E-state index contributed by atoms with van der Waals surface area (Å²) in [5, 5.41) is 0.222. The summed E-state index contributed by atoms with van der Waals surface area (Å²) in [6.45, 7) is 6.97. The number of fused-ring (bicyclic) bond motifs is 1. The molecular weight excluding hydrogens is 384 g/mol. The predicted octanol–water partition coefficient (Wildman–Crippen LogP) is 2.83. The fraction of sp³-hybridized carbons (Fsp3) is 0.600. The summed E-state index contributed by atoms with van der Waals surface area (Å²) < 4.78 is 29.2. The number of thioether (sulfide) groups is 1. The molecule has 2 saturated heterocycles. The van der Waals surface area contributed by atoms with Crippen molar-refractivity contribution in [3.05, 3.63) is 35.9 Å². The Morgan fingerprint density at radius 3 is 2.29 bits per heavy atom. The van der Waals surface area contributed by atoms with Crippen LogP contribution in [0.3, 0.4) is 0 Å². The van der Waals surface area contributed by atoms with E-state index < -0.39 is 48.1 Å². The molecule has 6 atom stereocenters. The first-order valence-corrected chi connectivity index (χ1v) is 10.3. The Balaban J connectivity index is 1.87. The fourth-order valence-electron chi connectivity index (χ4n) is 3.35. The van der Waals surface area contributed by atoms with Crippen molar-refractivity contribution in [3.8, 4) is 0 Å². The van der Waals surface area contributed by atoms with E-state index in [4.69, 9.17) is 23.7 Å². The lowest BCUT2D eigenvalue weighted by molar-refractivity contribution is -0.320. The fourth-order valence-corrected chi connectivity index (χ4v) is 4.46. The second-order valence-electron chi connectivity index (χ2n) is 7.05. The molecule has 2 aliphatic rings. The molecule has 0 saturated carbocycles. The topological polar surface area (TPSA) is 80.3 Å². The zero-order valence-electron chi connectivity index (χ0n) is 16.4. The third-order valence-corrected chi connectivity index (χ3v) is 5.56. The molecule has 2 heterocycles. The second kappa shape index (κ2) is 9.26. The Labute approximate surface area is 169 Å². The van der Waals surface area contributed by atoms with Crippen LogP contribution in [0.1, 0.15) is 39.5 Å². The zero-order valence-corrected chi connectivity index (χ0v) is 17.2. The number of esters is 2. The molecule has 2 fully saturated rings. The van der Waals surface area contributed by atoms with Crippen LogP contribution in [-0.4, -0.2) is 53.6 Å². The third kappa shape index (κ3) is 5.05. The van der Waals surface area contributed by atoms with Gasteiger partial charge >= 0.3 is 11.9 Å². The van der Waals surface area contributed by atoms with Gasteiger partial charge in [-0.25, -0.2) is 0 Å². The van der Waals surface area contributed by atoms with E-state index in [2.05, 4.69) is 0 Å². The van der Waals surface area contributed by atoms with E-state index in [1.165, 1.54) is 25.6 Å². The van der Waals surface area contributed by atoms with Gasteiger partial charge in [-0.05, 0) is 0 Å². The van der Waals surface area contributed by atoms with Crippen LogP contribution in [0, 0.1) is 0 Å². The van der Waals surface area contributed by atoms with E-state index in [9.17, 15) is 9.59 Å². The van der Waals surface area contributed by atoms with Crippen molar-refractivity contribution in [2.75, 3.05) is 6.61 Å². The molecule has 0 bridgehead atoms. The highest BCUT2D eigenvalue weighted by Gasteiger charge is 2.53. The van der Waals surface area contributed by atoms with Gasteiger partial charge in [0.15, 0.2) is 18.5 Å². The summed E-state index contributed by atoms with van der Waals surface area (Å²) in [5.74, 6) is -0.937. The highest BCUT2D eigenvalue weighted by molar-refractivity contribution is 8.00. The van der Waals surface area contributed by atoms with Crippen molar-refractivity contribution in [2.45, 2.75) is 69.1 Å². The molecule has 0 radical (unpaired) electrons. The van der Waals surface area contributed by atoms with E-state index in [0.29, 0.717) is 0 Å². The summed E-state index contributed by atoms with van der Waals surface area (Å²) in [6, 6.07) is 9.50. The molecule has 1 unspecified atom stereocenters. The maximum absolute atomic E-state index is 11.8. The molecule has 0 aromatic heterocycles. The Morgan fingerprint density at radius 2 is 1.68 bits per heavy atom. The van der Waals surface area contributed by atoms with Gasteiger partial charge in [-0.15, -0.1) is 11.8 Å². The third-order valence-electron chi connectivity index (χ3n) is 4.37. The van der Waals surface area contributed by atoms with Gasteiger partial charge in [0.05, 0.1) is 6.61 Å². The Morgan fingerprint density at radius 1 is 1.04 bits per heavy atom. The highest BCUT2D eigenvalue weighted by Crippen LogP contribution is 2.40. The van der Waals surface area contributed by atoms with Crippen molar-refractivity contribution in [2.24, 2.45) is 0 Å². The number of hydrogen-bond donors (Lipinski definition) is 0. The van der Waals surface area contributed by atoms with E-state index in [1.807, 2.05) is 44.2 Å². The van der Waals surface area contributed by atoms with Crippen LogP contribution in [0.25, 0.3) is 0 Å². The first kappa shape index (κ1) is 21.1. The average Bonchev–Trinajstić information content (AvgIpc) is 2.64. The van der Waals surface area contributed by atoms with Crippen LogP contribution in [0.5, 0.6) is 0 Å². The molecule has 0 N–H and O–H groups in total. The molecule has 154 valence electrons. The predicted molar refractivity (Wildman–Crippen MR) is 103 cm³/mol. The van der Waals surface area contributed by atoms with E-state index in [0.717, 1.165) is 5.56 Å². The second-order valence-corrected chi connectivity index (χ2v) is 8.73. The standard InChI is InChI=1S/C20H26O7S/c1-11(2)28-20-18(25-13(4)22)17(24-12(3)21)16-15(26-20)10-23-19(27-16)14-8-6-5-7-9-14/h5-9,11,15-20H,10H2,1-4H3/t15-,16+,17+,18-,19?,20+/m1/s1. The van der Waals surface area contributed by atoms with Crippen molar-refractivity contribution < 1.29 is 33.3 Å². The molecular formula is C20H26O7S. The maximum Gasteiger partial charge on any atom is 0.303 e. The number of carbonyl (C=O) groups excluding carboxylic acids is 2. The van der Waals surface area contributed by atoms with Crippen molar-refractivity contribution in [3.63, 3.8) is 0 Å². The highest BCUT2D eigenvalue weighted by atomic mass is 32.2. The summed E-state index contributed by atoms with van der Waals surface area (Å²) in [5.41, 5.74) is 0.361. The van der Waals surface area contributed by atoms with Gasteiger partial charge in [0, 0.05) is 24.7 Å². The number of hydrogen-bond acceptors (Lipinski definition) is 8.